The van der Waals surface area contributed by atoms with Crippen LogP contribution in [-0.4, -0.2) is 35.4 Å². The number of aliphatic hydroxyl groups is 1. The zero-order valence-corrected chi connectivity index (χ0v) is 10.3. The van der Waals surface area contributed by atoms with Crippen molar-refractivity contribution in [2.75, 3.05) is 13.2 Å². The molecule has 1 aromatic rings. The summed E-state index contributed by atoms with van der Waals surface area (Å²) in [6, 6.07) is 3.28. The van der Waals surface area contributed by atoms with E-state index in [-0.39, 0.29) is 12.1 Å². The van der Waals surface area contributed by atoms with Crippen LogP contribution < -0.4 is 5.32 Å². The number of pyridine rings is 1. The van der Waals surface area contributed by atoms with Gasteiger partial charge in [0.15, 0.2) is 0 Å². The number of nitrogens with one attached hydrogen (secondary N) is 1. The molecule has 0 radical (unpaired) electrons. The van der Waals surface area contributed by atoms with Gasteiger partial charge in [0, 0.05) is 23.3 Å². The van der Waals surface area contributed by atoms with Crippen LogP contribution in [0.1, 0.15) is 24.1 Å². The number of piperidine rings is 1. The van der Waals surface area contributed by atoms with Crippen LogP contribution in [-0.2, 0) is 10.3 Å². The van der Waals surface area contributed by atoms with Gasteiger partial charge in [-0.05, 0) is 31.9 Å². The van der Waals surface area contributed by atoms with E-state index in [1.165, 1.54) is 6.07 Å². The molecule has 0 aliphatic carbocycles. The number of hydrogen-bond donors (Lipinski definition) is 2. The highest BCUT2D eigenvalue weighted by molar-refractivity contribution is 5.28. The molecule has 3 rings (SSSR count). The van der Waals surface area contributed by atoms with E-state index in [0.29, 0.717) is 31.7 Å². The van der Waals surface area contributed by atoms with Gasteiger partial charge < -0.3 is 15.2 Å². The molecule has 2 saturated heterocycles. The molecule has 2 aliphatic rings. The molecule has 4 nitrogen and oxygen atoms in total. The molecule has 2 aliphatic heterocycles. The van der Waals surface area contributed by atoms with Crippen molar-refractivity contribution in [1.82, 2.24) is 10.3 Å². The van der Waals surface area contributed by atoms with Crippen LogP contribution in [0, 0.1) is 12.9 Å². The fourth-order valence-electron chi connectivity index (χ4n) is 3.16. The van der Waals surface area contributed by atoms with Crippen molar-refractivity contribution < 1.29 is 14.2 Å². The molecule has 0 aromatic carbocycles. The molecule has 2 fully saturated rings. The van der Waals surface area contributed by atoms with Crippen LogP contribution in [0.4, 0.5) is 4.39 Å². The Morgan fingerprint density at radius 2 is 2.06 bits per heavy atom. The summed E-state index contributed by atoms with van der Waals surface area (Å²) in [5.41, 5.74) is 0.385. The number of fused-ring (bicyclic) bond motifs is 2. The maximum atomic E-state index is 13.0. The number of aryl methyl sites for hydroxylation is 1. The summed E-state index contributed by atoms with van der Waals surface area (Å²) in [7, 11) is 0. The average Bonchev–Trinajstić information content (AvgIpc) is 2.27. The van der Waals surface area contributed by atoms with Crippen LogP contribution in [0.3, 0.4) is 0 Å². The molecular formula is C13H17FN2O2. The van der Waals surface area contributed by atoms with Crippen LogP contribution in [0.5, 0.6) is 0 Å². The molecule has 0 spiro atoms. The predicted molar refractivity (Wildman–Crippen MR) is 63.6 cm³/mol. The van der Waals surface area contributed by atoms with E-state index in [0.717, 1.165) is 5.56 Å². The Balaban J connectivity index is 1.94. The maximum absolute atomic E-state index is 13.0. The van der Waals surface area contributed by atoms with E-state index < -0.39 is 11.5 Å². The summed E-state index contributed by atoms with van der Waals surface area (Å²) < 4.78 is 18.5. The minimum Gasteiger partial charge on any atom is -0.385 e. The van der Waals surface area contributed by atoms with Crippen molar-refractivity contribution in [3.63, 3.8) is 0 Å². The fourth-order valence-corrected chi connectivity index (χ4v) is 3.16. The van der Waals surface area contributed by atoms with Crippen LogP contribution in [0.15, 0.2) is 12.1 Å². The van der Waals surface area contributed by atoms with E-state index in [4.69, 9.17) is 4.74 Å². The maximum Gasteiger partial charge on any atom is 0.213 e. The summed E-state index contributed by atoms with van der Waals surface area (Å²) >= 11 is 0. The van der Waals surface area contributed by atoms with Crippen LogP contribution in [0.25, 0.3) is 0 Å². The third kappa shape index (κ3) is 2.02. The van der Waals surface area contributed by atoms with Gasteiger partial charge in [-0.2, -0.15) is 4.39 Å². The first-order valence-electron chi connectivity index (χ1n) is 6.27. The Morgan fingerprint density at radius 3 is 2.67 bits per heavy atom. The number of nitrogens with zero attached hydrogens (tertiary/aromatic N) is 1. The normalized spacial score (nSPS) is 35.5. The number of ether oxygens (including phenoxy) is 1. The van der Waals surface area contributed by atoms with Crippen molar-refractivity contribution in [1.29, 1.82) is 0 Å². The molecule has 98 valence electrons. The van der Waals surface area contributed by atoms with E-state index in [1.807, 2.05) is 0 Å². The van der Waals surface area contributed by atoms with Gasteiger partial charge in [0.25, 0.3) is 0 Å². The van der Waals surface area contributed by atoms with Crippen molar-refractivity contribution in [3.8, 4) is 0 Å². The molecule has 0 saturated carbocycles. The fraction of sp³-hybridized carbons (Fsp3) is 0.615. The van der Waals surface area contributed by atoms with E-state index in [9.17, 15) is 9.50 Å². The number of morpholine rings is 1. The van der Waals surface area contributed by atoms with E-state index >= 15 is 0 Å². The monoisotopic (exact) mass is 252 g/mol. The first-order valence-corrected chi connectivity index (χ1v) is 6.27. The van der Waals surface area contributed by atoms with Gasteiger partial charge in [-0.3, -0.25) is 0 Å². The second kappa shape index (κ2) is 4.26. The topological polar surface area (TPSA) is 54.4 Å². The first kappa shape index (κ1) is 12.0. The second-order valence-electron chi connectivity index (χ2n) is 5.30. The highest BCUT2D eigenvalue weighted by atomic mass is 19.1. The zero-order valence-electron chi connectivity index (χ0n) is 10.3. The minimum absolute atomic E-state index is 0.159. The lowest BCUT2D eigenvalue weighted by molar-refractivity contribution is -0.0807. The summed E-state index contributed by atoms with van der Waals surface area (Å²) in [6.45, 7) is 2.98. The third-order valence-electron chi connectivity index (χ3n) is 3.83. The first-order chi connectivity index (χ1) is 8.57. The summed E-state index contributed by atoms with van der Waals surface area (Å²) in [5, 5.41) is 14.3. The molecule has 5 heteroatoms. The molecule has 1 aromatic heterocycles. The van der Waals surface area contributed by atoms with Crippen molar-refractivity contribution in [2.45, 2.75) is 37.5 Å². The highest BCUT2D eigenvalue weighted by Gasteiger charge is 2.43. The molecular weight excluding hydrogens is 235 g/mol. The summed E-state index contributed by atoms with van der Waals surface area (Å²) in [6.07, 6.45) is 1.16. The molecule has 3 heterocycles. The molecule has 2 atom stereocenters. The Bertz CT molecular complexity index is 454. The van der Waals surface area contributed by atoms with Gasteiger partial charge in [0.2, 0.25) is 5.95 Å². The molecule has 2 bridgehead atoms. The number of aromatic nitrogens is 1. The van der Waals surface area contributed by atoms with Gasteiger partial charge in [-0.15, -0.1) is 0 Å². The lowest BCUT2D eigenvalue weighted by atomic mass is 9.77. The number of halogens is 1. The lowest BCUT2D eigenvalue weighted by Crippen LogP contribution is -2.58. The quantitative estimate of drug-likeness (QED) is 0.728. The van der Waals surface area contributed by atoms with Crippen molar-refractivity contribution in [3.05, 3.63) is 29.3 Å². The standard InChI is InChI=1S/C13H17FN2O2/c1-8-11(2-3-12(14)15-8)13(17)4-9-6-18-7-10(5-13)16-9/h2-3,9-10,16-17H,4-7H2,1H3. The lowest BCUT2D eigenvalue weighted by Gasteiger charge is -2.45. The Labute approximate surface area is 105 Å². The Morgan fingerprint density at radius 1 is 1.39 bits per heavy atom. The second-order valence-corrected chi connectivity index (χ2v) is 5.30. The van der Waals surface area contributed by atoms with E-state index in [1.54, 1.807) is 13.0 Å². The Hall–Kier alpha value is -1.04. The van der Waals surface area contributed by atoms with Crippen LogP contribution >= 0.6 is 0 Å². The molecule has 18 heavy (non-hydrogen) atoms. The van der Waals surface area contributed by atoms with Gasteiger partial charge >= 0.3 is 0 Å². The van der Waals surface area contributed by atoms with Crippen molar-refractivity contribution in [2.24, 2.45) is 0 Å². The van der Waals surface area contributed by atoms with Gasteiger partial charge in [-0.25, -0.2) is 4.98 Å². The SMILES string of the molecule is Cc1nc(F)ccc1C1(O)CC2COCC(C1)N2. The van der Waals surface area contributed by atoms with Gasteiger partial charge in [0.05, 0.1) is 18.8 Å². The minimum atomic E-state index is -0.921. The predicted octanol–water partition coefficient (Wildman–Crippen LogP) is 0.868. The summed E-state index contributed by atoms with van der Waals surface area (Å²) in [4.78, 5) is 3.81. The van der Waals surface area contributed by atoms with Crippen LogP contribution in [0.2, 0.25) is 0 Å². The number of hydrogen-bond acceptors (Lipinski definition) is 4. The number of rotatable bonds is 1. The average molecular weight is 252 g/mol. The molecule has 2 unspecified atom stereocenters. The molecule has 0 amide bonds. The highest BCUT2D eigenvalue weighted by Crippen LogP contribution is 2.37. The third-order valence-corrected chi connectivity index (χ3v) is 3.83. The van der Waals surface area contributed by atoms with E-state index in [2.05, 4.69) is 10.3 Å². The van der Waals surface area contributed by atoms with Gasteiger partial charge in [-0.1, -0.05) is 0 Å². The van der Waals surface area contributed by atoms with Crippen molar-refractivity contribution >= 4 is 0 Å². The zero-order chi connectivity index (χ0) is 12.8. The molecule has 2 N–H and O–H groups in total. The largest absolute Gasteiger partial charge is 0.385 e. The van der Waals surface area contributed by atoms with Gasteiger partial charge in [0.1, 0.15) is 0 Å². The Kier molecular flexibility index (Phi) is 2.84. The smallest absolute Gasteiger partial charge is 0.213 e. The summed E-state index contributed by atoms with van der Waals surface area (Å²) in [5.74, 6) is -0.502.